The first-order valence-corrected chi connectivity index (χ1v) is 6.59. The van der Waals surface area contributed by atoms with Gasteiger partial charge >= 0.3 is 0 Å². The molecule has 0 saturated heterocycles. The first kappa shape index (κ1) is 10.6. The molecule has 2 aliphatic rings. The Morgan fingerprint density at radius 2 is 1.57 bits per heavy atom. The summed E-state index contributed by atoms with van der Waals surface area (Å²) >= 11 is 0. The molecule has 3 atom stereocenters. The van der Waals surface area contributed by atoms with Crippen LogP contribution in [0.15, 0.2) is 0 Å². The van der Waals surface area contributed by atoms with Crippen LogP contribution in [0.2, 0.25) is 5.21 Å². The fourth-order valence-corrected chi connectivity index (χ4v) is 4.01. The Labute approximate surface area is 91.0 Å². The van der Waals surface area contributed by atoms with Gasteiger partial charge in [-0.05, 0) is 24.2 Å². The lowest BCUT2D eigenvalue weighted by molar-refractivity contribution is 0.0940. The fraction of sp³-hybridized carbons (Fsp3) is 1.00. The van der Waals surface area contributed by atoms with Crippen LogP contribution >= 0.6 is 0 Å². The highest BCUT2D eigenvalue weighted by Crippen LogP contribution is 2.50. The van der Waals surface area contributed by atoms with Gasteiger partial charge in [-0.1, -0.05) is 50.7 Å². The summed E-state index contributed by atoms with van der Waals surface area (Å²) in [4.78, 5) is 0. The molecule has 0 spiro atoms. The summed E-state index contributed by atoms with van der Waals surface area (Å²) in [5.41, 5.74) is 0. The zero-order chi connectivity index (χ0) is 10.2. The van der Waals surface area contributed by atoms with Crippen LogP contribution in [0.4, 0.5) is 0 Å². The minimum absolute atomic E-state index is 0.556. The van der Waals surface area contributed by atoms with E-state index in [9.17, 15) is 0 Å². The Morgan fingerprint density at radius 1 is 0.929 bits per heavy atom. The van der Waals surface area contributed by atoms with Crippen molar-refractivity contribution in [2.24, 2.45) is 17.8 Å². The second-order valence-corrected chi connectivity index (χ2v) is 6.61. The molecule has 2 saturated carbocycles. The Bertz CT molecular complexity index is 193. The maximum atomic E-state index is 2.45. The van der Waals surface area contributed by atoms with Crippen molar-refractivity contribution >= 4 is 15.7 Å². The zero-order valence-corrected chi connectivity index (χ0v) is 10.2. The molecule has 2 aliphatic carbocycles. The molecular formula is C12H24B2. The summed E-state index contributed by atoms with van der Waals surface area (Å²) < 4.78 is 0. The van der Waals surface area contributed by atoms with Gasteiger partial charge < -0.3 is 0 Å². The highest BCUT2D eigenvalue weighted by Gasteiger charge is 2.39. The van der Waals surface area contributed by atoms with Gasteiger partial charge in [-0.25, -0.2) is 0 Å². The maximum Gasteiger partial charge on any atom is 0.0992 e. The Morgan fingerprint density at radius 3 is 2.29 bits per heavy atom. The standard InChI is InChI=1S/C12H24B2/c1-12(13,14)11-8-4-6-9-5-2-3-7-10(9)11/h9-11H,2-8,13-14H2,1H3. The summed E-state index contributed by atoms with van der Waals surface area (Å²) in [5.74, 6) is 3.20. The average Bonchev–Trinajstić information content (AvgIpc) is 2.15. The van der Waals surface area contributed by atoms with Gasteiger partial charge in [-0.2, -0.15) is 0 Å². The van der Waals surface area contributed by atoms with Gasteiger partial charge in [0.15, 0.2) is 0 Å². The van der Waals surface area contributed by atoms with E-state index in [1.54, 1.807) is 0 Å². The van der Waals surface area contributed by atoms with Crippen molar-refractivity contribution < 1.29 is 0 Å². The van der Waals surface area contributed by atoms with Crippen LogP contribution in [0.3, 0.4) is 0 Å². The highest BCUT2D eigenvalue weighted by molar-refractivity contribution is 6.39. The first-order chi connectivity index (χ1) is 6.59. The van der Waals surface area contributed by atoms with Crippen molar-refractivity contribution in [3.63, 3.8) is 0 Å². The number of fused-ring (bicyclic) bond motifs is 1. The molecule has 0 bridgehead atoms. The van der Waals surface area contributed by atoms with Crippen molar-refractivity contribution in [1.82, 2.24) is 0 Å². The summed E-state index contributed by atoms with van der Waals surface area (Å²) in [6.07, 6.45) is 10.6. The van der Waals surface area contributed by atoms with Crippen LogP contribution < -0.4 is 0 Å². The molecule has 3 unspecified atom stereocenters. The lowest BCUT2D eigenvalue weighted by Crippen LogP contribution is -2.37. The summed E-state index contributed by atoms with van der Waals surface area (Å²) in [6.45, 7) is 2.45. The zero-order valence-electron chi connectivity index (χ0n) is 10.2. The molecule has 2 rings (SSSR count). The van der Waals surface area contributed by atoms with Gasteiger partial charge in [0.2, 0.25) is 0 Å². The van der Waals surface area contributed by atoms with E-state index >= 15 is 0 Å². The van der Waals surface area contributed by atoms with Gasteiger partial charge in [0.25, 0.3) is 0 Å². The SMILES string of the molecule is BC(B)(C)C1CCCC2CCCCC21. The van der Waals surface area contributed by atoms with Crippen LogP contribution in [-0.2, 0) is 0 Å². The molecule has 0 aromatic rings. The van der Waals surface area contributed by atoms with E-state index in [-0.39, 0.29) is 0 Å². The van der Waals surface area contributed by atoms with Gasteiger partial charge in [-0.3, -0.25) is 0 Å². The van der Waals surface area contributed by atoms with Crippen molar-refractivity contribution in [2.45, 2.75) is 57.1 Å². The number of rotatable bonds is 1. The van der Waals surface area contributed by atoms with Crippen LogP contribution in [0.1, 0.15) is 51.9 Å². The second kappa shape index (κ2) is 3.94. The van der Waals surface area contributed by atoms with Gasteiger partial charge in [0.05, 0.1) is 15.7 Å². The van der Waals surface area contributed by atoms with E-state index in [4.69, 9.17) is 0 Å². The maximum absolute atomic E-state index is 2.45. The average molecular weight is 190 g/mol. The molecule has 0 amide bonds. The lowest BCUT2D eigenvalue weighted by Gasteiger charge is -2.47. The smallest absolute Gasteiger partial charge is 0.0842 e. The predicted octanol–water partition coefficient (Wildman–Crippen LogP) is 2.00. The van der Waals surface area contributed by atoms with Crippen LogP contribution in [0.25, 0.3) is 0 Å². The summed E-state index contributed by atoms with van der Waals surface area (Å²) in [6, 6.07) is 0. The largest absolute Gasteiger partial charge is 0.0992 e. The summed E-state index contributed by atoms with van der Waals surface area (Å²) in [5, 5.41) is 0.556. The molecule has 0 heterocycles. The number of hydrogen-bond acceptors (Lipinski definition) is 0. The van der Waals surface area contributed by atoms with E-state index in [2.05, 4.69) is 22.6 Å². The third-order valence-electron chi connectivity index (χ3n) is 4.69. The van der Waals surface area contributed by atoms with E-state index in [1.165, 1.54) is 44.9 Å². The normalized spacial score (nSPS) is 39.1. The van der Waals surface area contributed by atoms with Crippen LogP contribution in [0.5, 0.6) is 0 Å². The van der Waals surface area contributed by atoms with E-state index in [1.807, 2.05) is 0 Å². The monoisotopic (exact) mass is 190 g/mol. The molecule has 2 fully saturated rings. The molecule has 78 valence electrons. The Hall–Kier alpha value is 0.130. The third kappa shape index (κ3) is 2.04. The molecule has 2 heteroatoms. The second-order valence-electron chi connectivity index (χ2n) is 6.61. The molecule has 0 radical (unpaired) electrons. The highest BCUT2D eigenvalue weighted by atomic mass is 14.4. The summed E-state index contributed by atoms with van der Waals surface area (Å²) in [7, 11) is 4.91. The lowest BCUT2D eigenvalue weighted by atomic mass is 9.43. The van der Waals surface area contributed by atoms with Gasteiger partial charge in [-0.15, -0.1) is 0 Å². The molecular weight excluding hydrogens is 166 g/mol. The van der Waals surface area contributed by atoms with Crippen LogP contribution in [0, 0.1) is 17.8 Å². The molecule has 0 nitrogen and oxygen atoms in total. The van der Waals surface area contributed by atoms with Gasteiger partial charge in [0, 0.05) is 0 Å². The Balaban J connectivity index is 2.09. The van der Waals surface area contributed by atoms with Crippen LogP contribution in [-0.4, -0.2) is 15.7 Å². The number of hydrogen-bond donors (Lipinski definition) is 0. The van der Waals surface area contributed by atoms with E-state index < -0.39 is 0 Å². The van der Waals surface area contributed by atoms with Crippen molar-refractivity contribution in [1.29, 1.82) is 0 Å². The van der Waals surface area contributed by atoms with E-state index in [0.717, 1.165) is 17.8 Å². The van der Waals surface area contributed by atoms with Gasteiger partial charge in [0.1, 0.15) is 0 Å². The minimum atomic E-state index is 0.556. The van der Waals surface area contributed by atoms with Crippen molar-refractivity contribution in [2.75, 3.05) is 0 Å². The molecule has 0 aromatic carbocycles. The molecule has 14 heavy (non-hydrogen) atoms. The Kier molecular flexibility index (Phi) is 3.00. The molecule has 0 aromatic heterocycles. The molecule has 0 N–H and O–H groups in total. The molecule has 0 aliphatic heterocycles. The first-order valence-electron chi connectivity index (χ1n) is 6.59. The quantitative estimate of drug-likeness (QED) is 0.554. The predicted molar refractivity (Wildman–Crippen MR) is 68.2 cm³/mol. The van der Waals surface area contributed by atoms with Crippen molar-refractivity contribution in [3.05, 3.63) is 0 Å². The van der Waals surface area contributed by atoms with Crippen molar-refractivity contribution in [3.8, 4) is 0 Å². The topological polar surface area (TPSA) is 0 Å². The minimum Gasteiger partial charge on any atom is -0.0842 e. The van der Waals surface area contributed by atoms with E-state index in [0.29, 0.717) is 5.21 Å². The third-order valence-corrected chi connectivity index (χ3v) is 4.69. The fourth-order valence-electron chi connectivity index (χ4n) is 4.01.